The summed E-state index contributed by atoms with van der Waals surface area (Å²) in [6.45, 7) is 4.79. The van der Waals surface area contributed by atoms with Gasteiger partial charge in [0.25, 0.3) is 0 Å². The van der Waals surface area contributed by atoms with Crippen LogP contribution >= 0.6 is 0 Å². The van der Waals surface area contributed by atoms with Crippen LogP contribution in [0.3, 0.4) is 0 Å². The number of piperidine rings is 1. The number of carbonyl (C=O) groups is 2. The number of hydrogen-bond acceptors (Lipinski definition) is 4. The van der Waals surface area contributed by atoms with E-state index in [1.54, 1.807) is 15.8 Å². The Hall–Kier alpha value is -2.31. The van der Waals surface area contributed by atoms with Gasteiger partial charge in [0.2, 0.25) is 0 Å². The second-order valence-corrected chi connectivity index (χ2v) is 4.59. The van der Waals surface area contributed by atoms with Crippen LogP contribution < -0.4 is 0 Å². The summed E-state index contributed by atoms with van der Waals surface area (Å²) in [6.07, 6.45) is 4.46. The van der Waals surface area contributed by atoms with Gasteiger partial charge < -0.3 is 14.7 Å². The zero-order valence-corrected chi connectivity index (χ0v) is 11.1. The van der Waals surface area contributed by atoms with Gasteiger partial charge in [-0.05, 0) is 18.9 Å². The van der Waals surface area contributed by atoms with Gasteiger partial charge in [-0.3, -0.25) is 4.68 Å². The lowest BCUT2D eigenvalue weighted by molar-refractivity contribution is 0.0685. The highest BCUT2D eigenvalue weighted by molar-refractivity contribution is 5.85. The van der Waals surface area contributed by atoms with E-state index in [4.69, 9.17) is 9.84 Å². The minimum Gasteiger partial charge on any atom is -0.476 e. The zero-order chi connectivity index (χ0) is 14.5. The Balaban J connectivity index is 2.00. The molecule has 1 atom stereocenters. The van der Waals surface area contributed by atoms with E-state index in [9.17, 15) is 9.59 Å². The first-order valence-electron chi connectivity index (χ1n) is 6.43. The number of aromatic nitrogens is 2. The average Bonchev–Trinajstić information content (AvgIpc) is 2.95. The van der Waals surface area contributed by atoms with Gasteiger partial charge in [0.05, 0.1) is 6.04 Å². The van der Waals surface area contributed by atoms with Gasteiger partial charge in [-0.15, -0.1) is 0 Å². The summed E-state index contributed by atoms with van der Waals surface area (Å²) < 4.78 is 6.61. The fourth-order valence-electron chi connectivity index (χ4n) is 2.21. The van der Waals surface area contributed by atoms with Crippen molar-refractivity contribution in [2.24, 2.45) is 0 Å². The van der Waals surface area contributed by atoms with Crippen LogP contribution in [0.1, 0.15) is 29.4 Å². The molecule has 0 bridgehead atoms. The van der Waals surface area contributed by atoms with E-state index in [-0.39, 0.29) is 24.4 Å². The fraction of sp³-hybridized carbons (Fsp3) is 0.462. The topological polar surface area (TPSA) is 84.7 Å². The normalized spacial score (nSPS) is 18.6. The fourth-order valence-corrected chi connectivity index (χ4v) is 2.21. The van der Waals surface area contributed by atoms with Gasteiger partial charge in [0, 0.05) is 19.3 Å². The Morgan fingerprint density at radius 1 is 1.60 bits per heavy atom. The van der Waals surface area contributed by atoms with Crippen molar-refractivity contribution in [3.8, 4) is 0 Å². The molecule has 1 unspecified atom stereocenters. The van der Waals surface area contributed by atoms with Crippen LogP contribution in [0.2, 0.25) is 0 Å². The van der Waals surface area contributed by atoms with Gasteiger partial charge in [0.15, 0.2) is 5.69 Å². The quantitative estimate of drug-likeness (QED) is 0.845. The van der Waals surface area contributed by atoms with Crippen LogP contribution in [0, 0.1) is 0 Å². The molecule has 2 rings (SSSR count). The summed E-state index contributed by atoms with van der Waals surface area (Å²) in [5.74, 6) is -1.05. The van der Waals surface area contributed by atoms with E-state index in [1.165, 1.54) is 12.1 Å². The van der Waals surface area contributed by atoms with Gasteiger partial charge in [-0.25, -0.2) is 9.59 Å². The predicted molar refractivity (Wildman–Crippen MR) is 70.6 cm³/mol. The molecule has 0 aliphatic carbocycles. The lowest BCUT2D eigenvalue weighted by Gasteiger charge is -2.32. The van der Waals surface area contributed by atoms with E-state index in [0.717, 1.165) is 12.8 Å². The molecule has 2 heterocycles. The van der Waals surface area contributed by atoms with Crippen molar-refractivity contribution >= 4 is 12.1 Å². The monoisotopic (exact) mass is 279 g/mol. The second-order valence-electron chi connectivity index (χ2n) is 4.59. The molecule has 0 aromatic carbocycles. The Morgan fingerprint density at radius 2 is 2.40 bits per heavy atom. The van der Waals surface area contributed by atoms with Crippen molar-refractivity contribution in [3.63, 3.8) is 0 Å². The molecule has 0 radical (unpaired) electrons. The van der Waals surface area contributed by atoms with Gasteiger partial charge >= 0.3 is 12.1 Å². The van der Waals surface area contributed by atoms with Crippen molar-refractivity contribution < 1.29 is 19.4 Å². The van der Waals surface area contributed by atoms with Crippen molar-refractivity contribution in [2.75, 3.05) is 19.7 Å². The first-order valence-corrected chi connectivity index (χ1v) is 6.43. The molecule has 7 heteroatoms. The van der Waals surface area contributed by atoms with Crippen molar-refractivity contribution in [1.82, 2.24) is 14.7 Å². The molecule has 1 N–H and O–H groups in total. The van der Waals surface area contributed by atoms with Crippen molar-refractivity contribution in [1.29, 1.82) is 0 Å². The molecule has 1 aliphatic heterocycles. The lowest BCUT2D eigenvalue weighted by Crippen LogP contribution is -2.41. The highest BCUT2D eigenvalue weighted by Crippen LogP contribution is 2.21. The number of nitrogens with zero attached hydrogens (tertiary/aromatic N) is 3. The van der Waals surface area contributed by atoms with Crippen LogP contribution in [-0.4, -0.2) is 51.5 Å². The Labute approximate surface area is 116 Å². The smallest absolute Gasteiger partial charge is 0.410 e. The Kier molecular flexibility index (Phi) is 4.39. The number of rotatable bonds is 4. The van der Waals surface area contributed by atoms with Crippen molar-refractivity contribution in [3.05, 3.63) is 30.6 Å². The molecule has 108 valence electrons. The number of carboxylic acid groups (broad SMARTS) is 1. The highest BCUT2D eigenvalue weighted by atomic mass is 16.6. The molecule has 1 fully saturated rings. The largest absolute Gasteiger partial charge is 0.476 e. The summed E-state index contributed by atoms with van der Waals surface area (Å²) in [4.78, 5) is 24.2. The number of carboxylic acids is 1. The maximum atomic E-state index is 11.8. The third kappa shape index (κ3) is 3.17. The van der Waals surface area contributed by atoms with E-state index in [2.05, 4.69) is 11.7 Å². The number of amides is 1. The number of hydrogen-bond donors (Lipinski definition) is 1. The summed E-state index contributed by atoms with van der Waals surface area (Å²) in [5, 5.41) is 12.9. The molecule has 1 aromatic heterocycles. The molecule has 7 nitrogen and oxygen atoms in total. The second kappa shape index (κ2) is 6.23. The third-order valence-electron chi connectivity index (χ3n) is 3.18. The first kappa shape index (κ1) is 14.1. The molecule has 0 saturated carbocycles. The zero-order valence-electron chi connectivity index (χ0n) is 11.1. The average molecular weight is 279 g/mol. The number of aromatic carboxylic acids is 1. The SMILES string of the molecule is C=CCOC(=O)N1CCCC(n2ccc(C(=O)O)n2)C1. The number of likely N-dealkylation sites (tertiary alicyclic amines) is 1. The van der Waals surface area contributed by atoms with E-state index in [1.807, 2.05) is 0 Å². The van der Waals surface area contributed by atoms with Crippen LogP contribution in [0.5, 0.6) is 0 Å². The number of ether oxygens (including phenoxy) is 1. The Bertz CT molecular complexity index is 511. The molecule has 1 aromatic rings. The summed E-state index contributed by atoms with van der Waals surface area (Å²) in [6, 6.07) is 1.44. The lowest BCUT2D eigenvalue weighted by atomic mass is 10.1. The Morgan fingerprint density at radius 3 is 3.05 bits per heavy atom. The summed E-state index contributed by atoms with van der Waals surface area (Å²) >= 11 is 0. The molecular formula is C13H17N3O4. The maximum absolute atomic E-state index is 11.8. The molecule has 20 heavy (non-hydrogen) atoms. The minimum absolute atomic E-state index is 0.0105. The molecule has 1 saturated heterocycles. The van der Waals surface area contributed by atoms with E-state index >= 15 is 0 Å². The van der Waals surface area contributed by atoms with Crippen LogP contribution in [0.15, 0.2) is 24.9 Å². The van der Waals surface area contributed by atoms with Gasteiger partial charge in [-0.1, -0.05) is 12.7 Å². The highest BCUT2D eigenvalue weighted by Gasteiger charge is 2.26. The maximum Gasteiger partial charge on any atom is 0.410 e. The summed E-state index contributed by atoms with van der Waals surface area (Å²) in [5.41, 5.74) is 0.0105. The van der Waals surface area contributed by atoms with Crippen LogP contribution in [-0.2, 0) is 4.74 Å². The van der Waals surface area contributed by atoms with Gasteiger partial charge in [-0.2, -0.15) is 5.10 Å². The molecule has 1 aliphatic rings. The molecule has 1 amide bonds. The summed E-state index contributed by atoms with van der Waals surface area (Å²) in [7, 11) is 0. The van der Waals surface area contributed by atoms with Crippen molar-refractivity contribution in [2.45, 2.75) is 18.9 Å². The van der Waals surface area contributed by atoms with E-state index in [0.29, 0.717) is 13.1 Å². The minimum atomic E-state index is -1.05. The van der Waals surface area contributed by atoms with Crippen LogP contribution in [0.25, 0.3) is 0 Å². The number of carbonyl (C=O) groups excluding carboxylic acids is 1. The van der Waals surface area contributed by atoms with Gasteiger partial charge in [0.1, 0.15) is 6.61 Å². The third-order valence-corrected chi connectivity index (χ3v) is 3.18. The standard InChI is InChI=1S/C13H17N3O4/c1-2-8-20-13(19)15-6-3-4-10(9-15)16-7-5-11(14-16)12(17)18/h2,5,7,10H,1,3-4,6,8-9H2,(H,17,18). The van der Waals surface area contributed by atoms with Crippen LogP contribution in [0.4, 0.5) is 4.79 Å². The molecular weight excluding hydrogens is 262 g/mol. The first-order chi connectivity index (χ1) is 9.61. The molecule has 0 spiro atoms. The predicted octanol–water partition coefficient (Wildman–Crippen LogP) is 1.54. The van der Waals surface area contributed by atoms with E-state index < -0.39 is 5.97 Å².